The first-order valence-corrected chi connectivity index (χ1v) is 7.37. The van der Waals surface area contributed by atoms with Crippen LogP contribution in [0.4, 0.5) is 0 Å². The number of aryl methyl sites for hydroxylation is 1. The van der Waals surface area contributed by atoms with Gasteiger partial charge in [-0.05, 0) is 30.2 Å². The summed E-state index contributed by atoms with van der Waals surface area (Å²) in [6.07, 6.45) is 3.09. The van der Waals surface area contributed by atoms with Gasteiger partial charge >= 0.3 is 0 Å². The number of aliphatic hydroxyl groups is 1. The molecule has 2 aromatic heterocycles. The molecule has 0 radical (unpaired) electrons. The Morgan fingerprint density at radius 1 is 1.55 bits per heavy atom. The zero-order chi connectivity index (χ0) is 14.4. The summed E-state index contributed by atoms with van der Waals surface area (Å²) >= 11 is 1.68. The Hall–Kier alpha value is -1.73. The molecule has 0 bridgehead atoms. The van der Waals surface area contributed by atoms with Crippen LogP contribution in [0.3, 0.4) is 0 Å². The van der Waals surface area contributed by atoms with Crippen LogP contribution in [0.1, 0.15) is 34.1 Å². The molecule has 2 rings (SSSR count). The number of nitrogens with one attached hydrogen (secondary N) is 1. The van der Waals surface area contributed by atoms with Gasteiger partial charge in [-0.3, -0.25) is 9.48 Å². The molecule has 2 heterocycles. The van der Waals surface area contributed by atoms with Crippen molar-refractivity contribution in [1.29, 1.82) is 0 Å². The van der Waals surface area contributed by atoms with Gasteiger partial charge in [0, 0.05) is 25.1 Å². The summed E-state index contributed by atoms with van der Waals surface area (Å²) in [5.41, 5.74) is 0.322. The Kier molecular flexibility index (Phi) is 5.25. The molecule has 0 saturated heterocycles. The van der Waals surface area contributed by atoms with Crippen molar-refractivity contribution in [2.75, 3.05) is 13.2 Å². The summed E-state index contributed by atoms with van der Waals surface area (Å²) in [6, 6.07) is 4.07. The smallest absolute Gasteiger partial charge is 0.273 e. The van der Waals surface area contributed by atoms with E-state index in [0.717, 1.165) is 6.42 Å². The number of hydrogen-bond donors (Lipinski definition) is 2. The molecule has 1 atom stereocenters. The van der Waals surface area contributed by atoms with Gasteiger partial charge in [-0.2, -0.15) is 0 Å². The molecule has 6 nitrogen and oxygen atoms in total. The summed E-state index contributed by atoms with van der Waals surface area (Å²) in [6.45, 7) is 0.707. The van der Waals surface area contributed by atoms with Gasteiger partial charge in [0.25, 0.3) is 5.91 Å². The Morgan fingerprint density at radius 3 is 3.00 bits per heavy atom. The number of nitrogens with zero attached hydrogens (tertiary/aromatic N) is 3. The topological polar surface area (TPSA) is 80.0 Å². The number of rotatable bonds is 7. The molecule has 108 valence electrons. The highest BCUT2D eigenvalue weighted by Gasteiger charge is 2.14. The van der Waals surface area contributed by atoms with E-state index in [2.05, 4.69) is 21.7 Å². The minimum Gasteiger partial charge on any atom is -0.396 e. The Morgan fingerprint density at radius 2 is 2.40 bits per heavy atom. The van der Waals surface area contributed by atoms with Crippen LogP contribution in [0.2, 0.25) is 0 Å². The fraction of sp³-hybridized carbons (Fsp3) is 0.462. The van der Waals surface area contributed by atoms with Crippen molar-refractivity contribution in [2.45, 2.75) is 18.8 Å². The summed E-state index contributed by atoms with van der Waals surface area (Å²) in [7, 11) is 1.72. The third kappa shape index (κ3) is 3.88. The average Bonchev–Trinajstić information content (AvgIpc) is 3.08. The fourth-order valence-electron chi connectivity index (χ4n) is 2.01. The molecule has 0 aliphatic carbocycles. The van der Waals surface area contributed by atoms with Crippen LogP contribution in [-0.2, 0) is 7.05 Å². The minimum absolute atomic E-state index is 0.153. The monoisotopic (exact) mass is 294 g/mol. The number of carbonyl (C=O) groups is 1. The second kappa shape index (κ2) is 7.16. The molecular formula is C13H18N4O2S. The molecule has 0 aliphatic heterocycles. The summed E-state index contributed by atoms with van der Waals surface area (Å²) < 4.78 is 1.50. The largest absolute Gasteiger partial charge is 0.396 e. The van der Waals surface area contributed by atoms with Crippen LogP contribution in [0.15, 0.2) is 23.7 Å². The van der Waals surface area contributed by atoms with Crippen molar-refractivity contribution < 1.29 is 9.90 Å². The van der Waals surface area contributed by atoms with Crippen LogP contribution in [0, 0.1) is 0 Å². The average molecular weight is 294 g/mol. The Labute approximate surface area is 121 Å². The number of carbonyl (C=O) groups excluding carboxylic acids is 1. The van der Waals surface area contributed by atoms with Crippen molar-refractivity contribution >= 4 is 17.2 Å². The second-order valence-electron chi connectivity index (χ2n) is 4.55. The van der Waals surface area contributed by atoms with Crippen molar-refractivity contribution in [2.24, 2.45) is 7.05 Å². The molecule has 0 fully saturated rings. The zero-order valence-electron chi connectivity index (χ0n) is 11.3. The number of aliphatic hydroxyl groups excluding tert-OH is 1. The van der Waals surface area contributed by atoms with Gasteiger partial charge in [0.05, 0.1) is 6.20 Å². The lowest BCUT2D eigenvalue weighted by Crippen LogP contribution is -2.26. The van der Waals surface area contributed by atoms with Crippen LogP contribution in [0.25, 0.3) is 0 Å². The highest BCUT2D eigenvalue weighted by molar-refractivity contribution is 7.10. The summed E-state index contributed by atoms with van der Waals surface area (Å²) in [5.74, 6) is 0.0641. The highest BCUT2D eigenvalue weighted by Crippen LogP contribution is 2.26. The third-order valence-corrected chi connectivity index (χ3v) is 4.07. The predicted molar refractivity (Wildman–Crippen MR) is 76.7 cm³/mol. The molecule has 0 aromatic carbocycles. The van der Waals surface area contributed by atoms with E-state index in [1.54, 1.807) is 24.6 Å². The maximum Gasteiger partial charge on any atom is 0.273 e. The number of hydrogen-bond acceptors (Lipinski definition) is 5. The van der Waals surface area contributed by atoms with E-state index in [9.17, 15) is 4.79 Å². The molecule has 7 heteroatoms. The van der Waals surface area contributed by atoms with E-state index in [-0.39, 0.29) is 18.4 Å². The quantitative estimate of drug-likeness (QED) is 0.803. The minimum atomic E-state index is -0.216. The Bertz CT molecular complexity index is 538. The van der Waals surface area contributed by atoms with Crippen LogP contribution >= 0.6 is 11.3 Å². The van der Waals surface area contributed by atoms with Gasteiger partial charge in [-0.25, -0.2) is 0 Å². The molecule has 20 heavy (non-hydrogen) atoms. The van der Waals surface area contributed by atoms with Crippen molar-refractivity contribution in [1.82, 2.24) is 20.3 Å². The van der Waals surface area contributed by atoms with E-state index in [4.69, 9.17) is 5.11 Å². The lowest BCUT2D eigenvalue weighted by atomic mass is 10.00. The van der Waals surface area contributed by atoms with Crippen LogP contribution < -0.4 is 5.32 Å². The second-order valence-corrected chi connectivity index (χ2v) is 5.53. The highest BCUT2D eigenvalue weighted by atomic mass is 32.1. The SMILES string of the molecule is Cn1cc(C(=O)NCC[C@H](CCO)c2cccs2)nn1. The first-order valence-electron chi connectivity index (χ1n) is 6.49. The van der Waals surface area contributed by atoms with Gasteiger partial charge in [-0.1, -0.05) is 11.3 Å². The van der Waals surface area contributed by atoms with Crippen molar-refractivity contribution in [3.05, 3.63) is 34.3 Å². The van der Waals surface area contributed by atoms with Crippen LogP contribution in [-0.4, -0.2) is 39.2 Å². The zero-order valence-corrected chi connectivity index (χ0v) is 12.1. The van der Waals surface area contributed by atoms with E-state index in [1.807, 2.05) is 11.4 Å². The Balaban J connectivity index is 1.83. The van der Waals surface area contributed by atoms with Crippen molar-refractivity contribution in [3.63, 3.8) is 0 Å². The van der Waals surface area contributed by atoms with Gasteiger partial charge in [0.15, 0.2) is 5.69 Å². The molecule has 2 aromatic rings. The molecule has 0 unspecified atom stereocenters. The van der Waals surface area contributed by atoms with Crippen LogP contribution in [0.5, 0.6) is 0 Å². The summed E-state index contributed by atoms with van der Waals surface area (Å²) in [4.78, 5) is 13.1. The van der Waals surface area contributed by atoms with E-state index in [0.29, 0.717) is 18.7 Å². The predicted octanol–water partition coefficient (Wildman–Crippen LogP) is 1.16. The van der Waals surface area contributed by atoms with Gasteiger partial charge in [0.2, 0.25) is 0 Å². The lowest BCUT2D eigenvalue weighted by Gasteiger charge is -2.14. The molecule has 1 amide bonds. The van der Waals surface area contributed by atoms with Gasteiger partial charge in [0.1, 0.15) is 0 Å². The van der Waals surface area contributed by atoms with Crippen molar-refractivity contribution in [3.8, 4) is 0 Å². The maximum atomic E-state index is 11.8. The third-order valence-electron chi connectivity index (χ3n) is 3.04. The van der Waals surface area contributed by atoms with E-state index >= 15 is 0 Å². The first kappa shape index (κ1) is 14.7. The molecule has 2 N–H and O–H groups in total. The summed E-state index contributed by atoms with van der Waals surface area (Å²) in [5, 5.41) is 21.5. The molecule has 0 saturated carbocycles. The first-order chi connectivity index (χ1) is 9.70. The molecular weight excluding hydrogens is 276 g/mol. The maximum absolute atomic E-state index is 11.8. The number of aromatic nitrogens is 3. The molecule has 0 spiro atoms. The standard InChI is InChI=1S/C13H18N4O2S/c1-17-9-11(15-16-17)13(19)14-6-4-10(5-7-18)12-3-2-8-20-12/h2-3,8-10,18H,4-7H2,1H3,(H,14,19)/t10-/m1/s1. The van der Waals surface area contributed by atoms with Gasteiger partial charge in [-0.15, -0.1) is 16.4 Å². The number of amides is 1. The van der Waals surface area contributed by atoms with E-state index in [1.165, 1.54) is 9.56 Å². The fourth-order valence-corrected chi connectivity index (χ4v) is 2.91. The number of thiophene rings is 1. The lowest BCUT2D eigenvalue weighted by molar-refractivity contribution is 0.0947. The van der Waals surface area contributed by atoms with E-state index < -0.39 is 0 Å². The molecule has 0 aliphatic rings. The normalized spacial score (nSPS) is 12.3. The van der Waals surface area contributed by atoms with Gasteiger partial charge < -0.3 is 10.4 Å².